The van der Waals surface area contributed by atoms with E-state index >= 15 is 0 Å². The van der Waals surface area contributed by atoms with Crippen LogP contribution in [0.25, 0.3) is 5.57 Å². The zero-order valence-electron chi connectivity index (χ0n) is 10.5. The molecule has 1 heterocycles. The standard InChI is InChI=1S/C14H14FNO3/c1-19-14(18)13(9-5-7-10(15)8-6-9)11-3-2-4-12(17)16-11/h5-8H,2-4H2,1H3,(H,16,17)/b13-11+. The van der Waals surface area contributed by atoms with Crippen molar-refractivity contribution in [3.05, 3.63) is 41.3 Å². The summed E-state index contributed by atoms with van der Waals surface area (Å²) in [5.41, 5.74) is 1.36. The molecule has 100 valence electrons. The van der Waals surface area contributed by atoms with Gasteiger partial charge in [0.25, 0.3) is 0 Å². The molecule has 0 aliphatic carbocycles. The lowest BCUT2D eigenvalue weighted by atomic mass is 9.98. The van der Waals surface area contributed by atoms with Crippen LogP contribution in [0.15, 0.2) is 30.0 Å². The number of esters is 1. The lowest BCUT2D eigenvalue weighted by Gasteiger charge is -2.19. The second kappa shape index (κ2) is 5.65. The van der Waals surface area contributed by atoms with E-state index in [1.54, 1.807) is 0 Å². The highest BCUT2D eigenvalue weighted by Crippen LogP contribution is 2.25. The minimum absolute atomic E-state index is 0.121. The third-order valence-corrected chi connectivity index (χ3v) is 2.95. The van der Waals surface area contributed by atoms with Crippen LogP contribution in [0.4, 0.5) is 4.39 Å². The molecule has 1 saturated heterocycles. The predicted molar refractivity (Wildman–Crippen MR) is 67.3 cm³/mol. The SMILES string of the molecule is COC(=O)/C(=C1\CCCC(=O)N1)c1ccc(F)cc1. The summed E-state index contributed by atoms with van der Waals surface area (Å²) in [6, 6.07) is 5.53. The fourth-order valence-corrected chi connectivity index (χ4v) is 2.04. The Bertz CT molecular complexity index is 534. The number of hydrogen-bond acceptors (Lipinski definition) is 3. The third kappa shape index (κ3) is 2.99. The van der Waals surface area contributed by atoms with Gasteiger partial charge in [-0.1, -0.05) is 12.1 Å². The molecule has 1 aliphatic heterocycles. The van der Waals surface area contributed by atoms with Crippen molar-refractivity contribution in [2.24, 2.45) is 0 Å². The van der Waals surface area contributed by atoms with Gasteiger partial charge in [-0.25, -0.2) is 9.18 Å². The Balaban J connectivity index is 2.46. The summed E-state index contributed by atoms with van der Waals surface area (Å²) in [5.74, 6) is -1.04. The van der Waals surface area contributed by atoms with Crippen molar-refractivity contribution in [2.45, 2.75) is 19.3 Å². The molecule has 1 fully saturated rings. The first-order valence-electron chi connectivity index (χ1n) is 5.99. The van der Waals surface area contributed by atoms with Crippen molar-refractivity contribution >= 4 is 17.4 Å². The third-order valence-electron chi connectivity index (χ3n) is 2.95. The molecule has 0 spiro atoms. The van der Waals surface area contributed by atoms with Gasteiger partial charge in [-0.15, -0.1) is 0 Å². The molecule has 4 nitrogen and oxygen atoms in total. The molecule has 0 saturated carbocycles. The van der Waals surface area contributed by atoms with E-state index in [0.717, 1.165) is 0 Å². The van der Waals surface area contributed by atoms with Gasteiger partial charge < -0.3 is 10.1 Å². The normalized spacial score (nSPS) is 17.7. The number of piperidine rings is 1. The first kappa shape index (κ1) is 13.3. The quantitative estimate of drug-likeness (QED) is 0.656. The van der Waals surface area contributed by atoms with E-state index in [1.807, 2.05) is 0 Å². The number of ether oxygens (including phenoxy) is 1. The maximum Gasteiger partial charge on any atom is 0.340 e. The van der Waals surface area contributed by atoms with Crippen molar-refractivity contribution in [3.63, 3.8) is 0 Å². The number of halogens is 1. The van der Waals surface area contributed by atoms with Crippen LogP contribution in [-0.4, -0.2) is 19.0 Å². The summed E-state index contributed by atoms with van der Waals surface area (Å²) < 4.78 is 17.7. The van der Waals surface area contributed by atoms with Crippen LogP contribution in [-0.2, 0) is 14.3 Å². The molecule has 1 aliphatic rings. The number of benzene rings is 1. The van der Waals surface area contributed by atoms with Gasteiger partial charge in [-0.05, 0) is 30.5 Å². The molecule has 2 rings (SSSR count). The molecule has 1 amide bonds. The van der Waals surface area contributed by atoms with E-state index in [-0.39, 0.29) is 17.3 Å². The minimum atomic E-state index is -0.538. The number of nitrogens with one attached hydrogen (secondary N) is 1. The number of rotatable bonds is 2. The van der Waals surface area contributed by atoms with Crippen molar-refractivity contribution in [2.75, 3.05) is 7.11 Å². The lowest BCUT2D eigenvalue weighted by Crippen LogP contribution is -2.29. The van der Waals surface area contributed by atoms with E-state index < -0.39 is 5.97 Å². The molecule has 5 heteroatoms. The van der Waals surface area contributed by atoms with E-state index in [1.165, 1.54) is 31.4 Å². The van der Waals surface area contributed by atoms with Crippen LogP contribution < -0.4 is 5.32 Å². The molecule has 0 atom stereocenters. The Labute approximate surface area is 110 Å². The largest absolute Gasteiger partial charge is 0.465 e. The van der Waals surface area contributed by atoms with Crippen LogP contribution in [0, 0.1) is 5.82 Å². The molecule has 19 heavy (non-hydrogen) atoms. The van der Waals surface area contributed by atoms with Gasteiger partial charge in [0.05, 0.1) is 12.7 Å². The Morgan fingerprint density at radius 3 is 2.53 bits per heavy atom. The highest BCUT2D eigenvalue weighted by molar-refractivity contribution is 6.17. The number of carbonyl (C=O) groups is 2. The molecule has 1 aromatic rings. The Morgan fingerprint density at radius 2 is 1.95 bits per heavy atom. The number of carbonyl (C=O) groups excluding carboxylic acids is 2. The number of amides is 1. The number of methoxy groups -OCH3 is 1. The fraction of sp³-hybridized carbons (Fsp3) is 0.286. The molecular weight excluding hydrogens is 249 g/mol. The van der Waals surface area contributed by atoms with Crippen molar-refractivity contribution < 1.29 is 18.7 Å². The van der Waals surface area contributed by atoms with Gasteiger partial charge in [0.15, 0.2) is 0 Å². The summed E-state index contributed by atoms with van der Waals surface area (Å²) in [6.07, 6.45) is 1.72. The first-order chi connectivity index (χ1) is 9.11. The van der Waals surface area contributed by atoms with Gasteiger partial charge in [-0.3, -0.25) is 4.79 Å². The molecule has 1 N–H and O–H groups in total. The smallest absolute Gasteiger partial charge is 0.340 e. The highest BCUT2D eigenvalue weighted by Gasteiger charge is 2.22. The van der Waals surface area contributed by atoms with E-state index in [2.05, 4.69) is 5.32 Å². The van der Waals surface area contributed by atoms with Crippen LogP contribution >= 0.6 is 0 Å². The van der Waals surface area contributed by atoms with Crippen LogP contribution in [0.3, 0.4) is 0 Å². The second-order valence-electron chi connectivity index (χ2n) is 4.25. The summed E-state index contributed by atoms with van der Waals surface area (Å²) in [6.45, 7) is 0. The lowest BCUT2D eigenvalue weighted by molar-refractivity contribution is -0.133. The van der Waals surface area contributed by atoms with Crippen molar-refractivity contribution in [3.8, 4) is 0 Å². The zero-order chi connectivity index (χ0) is 13.8. The van der Waals surface area contributed by atoms with Gasteiger partial charge >= 0.3 is 5.97 Å². The van der Waals surface area contributed by atoms with E-state index in [9.17, 15) is 14.0 Å². The van der Waals surface area contributed by atoms with Gasteiger partial charge in [0.1, 0.15) is 5.82 Å². The van der Waals surface area contributed by atoms with Crippen molar-refractivity contribution in [1.29, 1.82) is 0 Å². The summed E-state index contributed by atoms with van der Waals surface area (Å²) in [7, 11) is 1.27. The Morgan fingerprint density at radius 1 is 1.26 bits per heavy atom. The van der Waals surface area contributed by atoms with Crippen LogP contribution in [0.1, 0.15) is 24.8 Å². The molecular formula is C14H14FNO3. The molecule has 0 unspecified atom stereocenters. The number of hydrogen-bond donors (Lipinski definition) is 1. The predicted octanol–water partition coefficient (Wildman–Crippen LogP) is 2.01. The van der Waals surface area contributed by atoms with Gasteiger partial charge in [0.2, 0.25) is 5.91 Å². The van der Waals surface area contributed by atoms with E-state index in [4.69, 9.17) is 4.74 Å². The highest BCUT2D eigenvalue weighted by atomic mass is 19.1. The number of allylic oxidation sites excluding steroid dienone is 1. The Hall–Kier alpha value is -2.17. The molecule has 1 aromatic carbocycles. The summed E-state index contributed by atoms with van der Waals surface area (Å²) >= 11 is 0. The van der Waals surface area contributed by atoms with Crippen LogP contribution in [0.2, 0.25) is 0 Å². The maximum atomic E-state index is 12.9. The Kier molecular flexibility index (Phi) is 3.94. The summed E-state index contributed by atoms with van der Waals surface area (Å²) in [5, 5.41) is 2.69. The average Bonchev–Trinajstić information content (AvgIpc) is 2.41. The minimum Gasteiger partial charge on any atom is -0.465 e. The molecule has 0 radical (unpaired) electrons. The monoisotopic (exact) mass is 263 g/mol. The van der Waals surface area contributed by atoms with Crippen molar-refractivity contribution in [1.82, 2.24) is 5.32 Å². The zero-order valence-corrected chi connectivity index (χ0v) is 10.5. The second-order valence-corrected chi connectivity index (χ2v) is 4.25. The van der Waals surface area contributed by atoms with Gasteiger partial charge in [0, 0.05) is 12.1 Å². The summed E-state index contributed by atoms with van der Waals surface area (Å²) in [4.78, 5) is 23.3. The molecule has 0 aromatic heterocycles. The maximum absolute atomic E-state index is 12.9. The fourth-order valence-electron chi connectivity index (χ4n) is 2.04. The van der Waals surface area contributed by atoms with Gasteiger partial charge in [-0.2, -0.15) is 0 Å². The molecule has 0 bridgehead atoms. The first-order valence-corrected chi connectivity index (χ1v) is 5.99. The average molecular weight is 263 g/mol. The van der Waals surface area contributed by atoms with Crippen LogP contribution in [0.5, 0.6) is 0 Å². The van der Waals surface area contributed by atoms with E-state index in [0.29, 0.717) is 30.5 Å². The topological polar surface area (TPSA) is 55.4 Å².